The number of hydrogen-bond acceptors (Lipinski definition) is 4. The van der Waals surface area contributed by atoms with Crippen molar-refractivity contribution < 1.29 is 0 Å². The molecule has 1 heterocycles. The third-order valence-electron chi connectivity index (χ3n) is 3.44. The smallest absolute Gasteiger partial charge is 0.0807 e. The summed E-state index contributed by atoms with van der Waals surface area (Å²) in [4.78, 5) is 1.34. The molecule has 2 rings (SSSR count). The molecule has 1 atom stereocenters. The van der Waals surface area contributed by atoms with Gasteiger partial charge in [-0.15, -0.1) is 5.10 Å². The van der Waals surface area contributed by atoms with Crippen molar-refractivity contribution >= 4 is 11.5 Å². The van der Waals surface area contributed by atoms with Gasteiger partial charge in [0, 0.05) is 0 Å². The molecule has 0 spiro atoms. The van der Waals surface area contributed by atoms with Gasteiger partial charge in [0.2, 0.25) is 0 Å². The third kappa shape index (κ3) is 3.18. The van der Waals surface area contributed by atoms with Crippen LogP contribution in [0.25, 0.3) is 0 Å². The van der Waals surface area contributed by atoms with Crippen LogP contribution >= 0.6 is 11.5 Å². The fraction of sp³-hybridized carbons (Fsp3) is 0.714. The lowest BCUT2D eigenvalue weighted by atomic mass is 9.92. The van der Waals surface area contributed by atoms with Gasteiger partial charge in [-0.2, -0.15) is 0 Å². The molecule has 0 saturated heterocycles. The van der Waals surface area contributed by atoms with Crippen molar-refractivity contribution in [3.8, 4) is 0 Å². The summed E-state index contributed by atoms with van der Waals surface area (Å²) < 4.78 is 4.16. The second-order valence-electron chi connectivity index (χ2n) is 4.85. The van der Waals surface area contributed by atoms with E-state index in [1.54, 1.807) is 17.1 Å². The Balaban J connectivity index is 2.22. The quantitative estimate of drug-likeness (QED) is 0.798. The Kier molecular flexibility index (Phi) is 5.32. The Labute approximate surface area is 114 Å². The van der Waals surface area contributed by atoms with Crippen molar-refractivity contribution in [2.24, 2.45) is 0 Å². The van der Waals surface area contributed by atoms with Crippen LogP contribution < -0.4 is 5.32 Å². The molecule has 1 aromatic heterocycles. The lowest BCUT2D eigenvalue weighted by Gasteiger charge is -2.23. The number of aromatic nitrogens is 2. The Morgan fingerprint density at radius 1 is 1.39 bits per heavy atom. The average Bonchev–Trinajstić information content (AvgIpc) is 2.85. The van der Waals surface area contributed by atoms with Crippen molar-refractivity contribution in [1.29, 1.82) is 0 Å². The van der Waals surface area contributed by atoms with Gasteiger partial charge in [-0.05, 0) is 50.2 Å². The molecule has 1 N–H and O–H groups in total. The van der Waals surface area contributed by atoms with Gasteiger partial charge in [-0.25, -0.2) is 0 Å². The maximum atomic E-state index is 4.31. The zero-order valence-corrected chi connectivity index (χ0v) is 12.2. The molecule has 18 heavy (non-hydrogen) atoms. The van der Waals surface area contributed by atoms with E-state index in [9.17, 15) is 0 Å². The van der Waals surface area contributed by atoms with E-state index in [1.807, 2.05) is 0 Å². The molecule has 0 radical (unpaired) electrons. The first-order valence-corrected chi connectivity index (χ1v) is 7.87. The van der Waals surface area contributed by atoms with E-state index >= 15 is 0 Å². The van der Waals surface area contributed by atoms with Crippen molar-refractivity contribution in [1.82, 2.24) is 14.9 Å². The molecule has 0 bridgehead atoms. The highest BCUT2D eigenvalue weighted by Crippen LogP contribution is 2.33. The molecule has 0 saturated carbocycles. The van der Waals surface area contributed by atoms with Crippen molar-refractivity contribution in [2.45, 2.75) is 58.4 Å². The summed E-state index contributed by atoms with van der Waals surface area (Å²) >= 11 is 1.57. The van der Waals surface area contributed by atoms with E-state index in [-0.39, 0.29) is 0 Å². The lowest BCUT2D eigenvalue weighted by Crippen LogP contribution is -2.24. The van der Waals surface area contributed by atoms with E-state index < -0.39 is 0 Å². The van der Waals surface area contributed by atoms with Gasteiger partial charge >= 0.3 is 0 Å². The summed E-state index contributed by atoms with van der Waals surface area (Å²) in [6, 6.07) is 0.358. The normalized spacial score (nSPS) is 17.6. The minimum Gasteiger partial charge on any atom is -0.306 e. The van der Waals surface area contributed by atoms with Crippen LogP contribution in [0.3, 0.4) is 0 Å². The monoisotopic (exact) mass is 265 g/mol. The first-order chi connectivity index (χ1) is 8.86. The van der Waals surface area contributed by atoms with E-state index in [0.717, 1.165) is 19.4 Å². The van der Waals surface area contributed by atoms with Gasteiger partial charge in [0.05, 0.1) is 16.6 Å². The standard InChI is InChI=1S/C14H23N3S/c1-3-8-12-14(18-17-16-12)13(15-4-2)11-9-6-5-7-10-11/h9,13,15H,3-8,10H2,1-2H3. The largest absolute Gasteiger partial charge is 0.306 e. The fourth-order valence-electron chi connectivity index (χ4n) is 2.57. The van der Waals surface area contributed by atoms with Gasteiger partial charge in [0.1, 0.15) is 0 Å². The molecule has 1 aliphatic carbocycles. The number of nitrogens with zero attached hydrogens (tertiary/aromatic N) is 2. The number of likely N-dealkylation sites (N-methyl/N-ethyl adjacent to an activating group) is 1. The predicted octanol–water partition coefficient (Wildman–Crippen LogP) is 3.64. The SMILES string of the molecule is CCCc1nnsc1C(NCC)C1=CCCCC1. The highest BCUT2D eigenvalue weighted by molar-refractivity contribution is 7.05. The highest BCUT2D eigenvalue weighted by Gasteiger charge is 2.22. The summed E-state index contributed by atoms with van der Waals surface area (Å²) in [6.45, 7) is 5.36. The van der Waals surface area contributed by atoms with Gasteiger partial charge in [0.25, 0.3) is 0 Å². The van der Waals surface area contributed by atoms with Crippen LogP contribution in [0.5, 0.6) is 0 Å². The molecule has 1 unspecified atom stereocenters. The zero-order valence-electron chi connectivity index (χ0n) is 11.4. The molecular formula is C14H23N3S. The summed E-state index contributed by atoms with van der Waals surface area (Å²) in [6.07, 6.45) is 9.71. The fourth-order valence-corrected chi connectivity index (χ4v) is 3.38. The second kappa shape index (κ2) is 7.00. The van der Waals surface area contributed by atoms with E-state index in [1.165, 1.54) is 36.3 Å². The highest BCUT2D eigenvalue weighted by atomic mass is 32.1. The number of allylic oxidation sites excluding steroid dienone is 1. The Morgan fingerprint density at radius 3 is 2.94 bits per heavy atom. The predicted molar refractivity (Wildman–Crippen MR) is 76.9 cm³/mol. The van der Waals surface area contributed by atoms with Crippen LogP contribution in [-0.4, -0.2) is 16.1 Å². The molecule has 0 aliphatic heterocycles. The van der Waals surface area contributed by atoms with E-state index in [2.05, 4.69) is 34.8 Å². The molecule has 0 fully saturated rings. The topological polar surface area (TPSA) is 37.8 Å². The van der Waals surface area contributed by atoms with Gasteiger partial charge < -0.3 is 5.32 Å². The first kappa shape index (κ1) is 13.7. The first-order valence-electron chi connectivity index (χ1n) is 7.10. The number of hydrogen-bond donors (Lipinski definition) is 1. The van der Waals surface area contributed by atoms with E-state index in [4.69, 9.17) is 0 Å². The van der Waals surface area contributed by atoms with Crippen molar-refractivity contribution in [3.63, 3.8) is 0 Å². The van der Waals surface area contributed by atoms with Gasteiger partial charge in [0.15, 0.2) is 0 Å². The van der Waals surface area contributed by atoms with Crippen LogP contribution in [0.1, 0.15) is 62.6 Å². The van der Waals surface area contributed by atoms with Gasteiger partial charge in [-0.1, -0.05) is 36.4 Å². The van der Waals surface area contributed by atoms with Crippen LogP contribution in [0.15, 0.2) is 11.6 Å². The number of rotatable bonds is 6. The molecule has 0 amide bonds. The number of nitrogens with one attached hydrogen (secondary N) is 1. The van der Waals surface area contributed by atoms with Crippen LogP contribution in [-0.2, 0) is 6.42 Å². The third-order valence-corrected chi connectivity index (χ3v) is 4.27. The molecule has 4 heteroatoms. The molecule has 100 valence electrons. The summed E-state index contributed by atoms with van der Waals surface area (Å²) in [5.41, 5.74) is 2.74. The van der Waals surface area contributed by atoms with E-state index in [0.29, 0.717) is 6.04 Å². The molecule has 1 aliphatic rings. The Bertz CT molecular complexity index is 397. The van der Waals surface area contributed by atoms with Crippen molar-refractivity contribution in [2.75, 3.05) is 6.54 Å². The van der Waals surface area contributed by atoms with Crippen LogP contribution in [0.2, 0.25) is 0 Å². The maximum Gasteiger partial charge on any atom is 0.0807 e. The molecule has 3 nitrogen and oxygen atoms in total. The zero-order chi connectivity index (χ0) is 12.8. The number of aryl methyl sites for hydroxylation is 1. The van der Waals surface area contributed by atoms with Crippen molar-refractivity contribution in [3.05, 3.63) is 22.2 Å². The molecular weight excluding hydrogens is 242 g/mol. The molecule has 0 aromatic carbocycles. The minimum absolute atomic E-state index is 0.358. The summed E-state index contributed by atoms with van der Waals surface area (Å²) in [5, 5.41) is 7.92. The minimum atomic E-state index is 0.358. The van der Waals surface area contributed by atoms with Crippen LogP contribution in [0.4, 0.5) is 0 Å². The maximum absolute atomic E-state index is 4.31. The lowest BCUT2D eigenvalue weighted by molar-refractivity contribution is 0.565. The second-order valence-corrected chi connectivity index (χ2v) is 5.64. The summed E-state index contributed by atoms with van der Waals surface area (Å²) in [7, 11) is 0. The Hall–Kier alpha value is -0.740. The van der Waals surface area contributed by atoms with Gasteiger partial charge in [-0.3, -0.25) is 0 Å². The summed E-state index contributed by atoms with van der Waals surface area (Å²) in [5.74, 6) is 0. The Morgan fingerprint density at radius 2 is 2.28 bits per heavy atom. The molecule has 1 aromatic rings. The average molecular weight is 265 g/mol. The van der Waals surface area contributed by atoms with Crippen LogP contribution in [0, 0.1) is 0 Å².